The van der Waals surface area contributed by atoms with Gasteiger partial charge in [-0.15, -0.1) is 11.3 Å². The third-order valence-electron chi connectivity index (χ3n) is 2.66. The number of alkyl halides is 3. The third-order valence-corrected chi connectivity index (χ3v) is 3.81. The second kappa shape index (κ2) is 7.34. The summed E-state index contributed by atoms with van der Waals surface area (Å²) < 4.78 is 35.9. The van der Waals surface area contributed by atoms with Gasteiger partial charge in [-0.2, -0.15) is 13.2 Å². The molecule has 0 saturated carbocycles. The van der Waals surface area contributed by atoms with Gasteiger partial charge in [-0.05, 0) is 13.0 Å². The van der Waals surface area contributed by atoms with Crippen LogP contribution in [0.2, 0.25) is 0 Å². The molecule has 24 heavy (non-hydrogen) atoms. The van der Waals surface area contributed by atoms with Gasteiger partial charge in [0.1, 0.15) is 11.4 Å². The first kappa shape index (κ1) is 17.8. The minimum atomic E-state index is -4.50. The molecule has 7 nitrogen and oxygen atoms in total. The number of hydrogen-bond donors (Lipinski definition) is 2. The zero-order chi connectivity index (χ0) is 17.7. The summed E-state index contributed by atoms with van der Waals surface area (Å²) in [4.78, 5) is 35.8. The van der Waals surface area contributed by atoms with Gasteiger partial charge in [-0.1, -0.05) is 0 Å². The van der Waals surface area contributed by atoms with E-state index in [4.69, 9.17) is 0 Å². The lowest BCUT2D eigenvalue weighted by atomic mass is 10.3. The SMILES string of the molecule is Cc1nc(-c2ncccn2)sc1C(=O)NCC(=O)NCC(F)(F)F. The van der Waals surface area contributed by atoms with E-state index in [0.717, 1.165) is 11.3 Å². The first-order chi connectivity index (χ1) is 11.3. The number of aromatic nitrogens is 3. The highest BCUT2D eigenvalue weighted by atomic mass is 32.1. The molecule has 2 aromatic heterocycles. The van der Waals surface area contributed by atoms with Gasteiger partial charge in [0, 0.05) is 12.4 Å². The number of nitrogens with one attached hydrogen (secondary N) is 2. The van der Waals surface area contributed by atoms with E-state index in [9.17, 15) is 22.8 Å². The van der Waals surface area contributed by atoms with Gasteiger partial charge in [-0.25, -0.2) is 15.0 Å². The van der Waals surface area contributed by atoms with E-state index >= 15 is 0 Å². The fourth-order valence-corrected chi connectivity index (χ4v) is 2.55. The van der Waals surface area contributed by atoms with Gasteiger partial charge < -0.3 is 10.6 Å². The lowest BCUT2D eigenvalue weighted by Crippen LogP contribution is -2.40. The molecule has 2 aromatic rings. The largest absolute Gasteiger partial charge is 0.405 e. The molecule has 0 aromatic carbocycles. The van der Waals surface area contributed by atoms with Crippen LogP contribution >= 0.6 is 11.3 Å². The maximum absolute atomic E-state index is 12.0. The predicted molar refractivity (Wildman–Crippen MR) is 79.3 cm³/mol. The zero-order valence-corrected chi connectivity index (χ0v) is 13.2. The molecular weight excluding hydrogens is 347 g/mol. The van der Waals surface area contributed by atoms with E-state index in [1.54, 1.807) is 18.3 Å². The molecule has 128 valence electrons. The molecule has 11 heteroatoms. The minimum Gasteiger partial charge on any atom is -0.345 e. The standard InChI is InChI=1S/C13H12F3N5O2S/c1-7-9(24-12(21-7)10-17-3-2-4-18-10)11(23)19-5-8(22)20-6-13(14,15)16/h2-4H,5-6H2,1H3,(H,19,23)(H,20,22). The number of rotatable bonds is 5. The van der Waals surface area contributed by atoms with Crippen LogP contribution in [0.25, 0.3) is 10.8 Å². The van der Waals surface area contributed by atoms with Crippen LogP contribution in [-0.2, 0) is 4.79 Å². The Balaban J connectivity index is 1.96. The molecule has 0 fully saturated rings. The molecule has 2 heterocycles. The van der Waals surface area contributed by atoms with Gasteiger partial charge in [0.25, 0.3) is 5.91 Å². The molecule has 0 radical (unpaired) electrons. The third kappa shape index (κ3) is 4.98. The summed E-state index contributed by atoms with van der Waals surface area (Å²) in [6.07, 6.45) is -1.44. The number of hydrogen-bond acceptors (Lipinski definition) is 6. The molecule has 2 amide bonds. The van der Waals surface area contributed by atoms with E-state index in [2.05, 4.69) is 20.3 Å². The van der Waals surface area contributed by atoms with Crippen LogP contribution in [0.4, 0.5) is 13.2 Å². The van der Waals surface area contributed by atoms with E-state index in [1.165, 1.54) is 12.4 Å². The quantitative estimate of drug-likeness (QED) is 0.839. The summed E-state index contributed by atoms with van der Waals surface area (Å²) in [7, 11) is 0. The van der Waals surface area contributed by atoms with Crippen LogP contribution in [0.15, 0.2) is 18.5 Å². The molecular formula is C13H12F3N5O2S. The maximum Gasteiger partial charge on any atom is 0.405 e. The molecule has 0 saturated heterocycles. The lowest BCUT2D eigenvalue weighted by molar-refractivity contribution is -0.137. The predicted octanol–water partition coefficient (Wildman–Crippen LogP) is 1.32. The molecule has 0 aliphatic rings. The Morgan fingerprint density at radius 3 is 2.50 bits per heavy atom. The number of nitrogens with zero attached hydrogens (tertiary/aromatic N) is 3. The van der Waals surface area contributed by atoms with Crippen molar-refractivity contribution in [3.8, 4) is 10.8 Å². The van der Waals surface area contributed by atoms with Crippen molar-refractivity contribution in [2.45, 2.75) is 13.1 Å². The molecule has 0 aliphatic carbocycles. The van der Waals surface area contributed by atoms with Crippen molar-refractivity contribution in [2.24, 2.45) is 0 Å². The Kier molecular flexibility index (Phi) is 5.44. The topological polar surface area (TPSA) is 96.9 Å². The smallest absolute Gasteiger partial charge is 0.345 e. The van der Waals surface area contributed by atoms with Gasteiger partial charge in [-0.3, -0.25) is 9.59 Å². The number of aryl methyl sites for hydroxylation is 1. The molecule has 0 atom stereocenters. The van der Waals surface area contributed by atoms with Gasteiger partial charge in [0.15, 0.2) is 10.8 Å². The maximum atomic E-state index is 12.0. The van der Waals surface area contributed by atoms with E-state index in [1.807, 2.05) is 0 Å². The van der Waals surface area contributed by atoms with Crippen molar-refractivity contribution in [3.05, 3.63) is 29.0 Å². The highest BCUT2D eigenvalue weighted by molar-refractivity contribution is 7.17. The van der Waals surface area contributed by atoms with Crippen molar-refractivity contribution < 1.29 is 22.8 Å². The van der Waals surface area contributed by atoms with Crippen molar-refractivity contribution in [1.29, 1.82) is 0 Å². The van der Waals surface area contributed by atoms with Crippen LogP contribution < -0.4 is 10.6 Å². The van der Waals surface area contributed by atoms with Crippen LogP contribution in [0.1, 0.15) is 15.4 Å². The Morgan fingerprint density at radius 1 is 1.21 bits per heavy atom. The first-order valence-corrected chi connectivity index (χ1v) is 7.44. The molecule has 0 aliphatic heterocycles. The van der Waals surface area contributed by atoms with E-state index < -0.39 is 31.1 Å². The monoisotopic (exact) mass is 359 g/mol. The van der Waals surface area contributed by atoms with Gasteiger partial charge in [0.05, 0.1) is 12.2 Å². The number of amides is 2. The van der Waals surface area contributed by atoms with Crippen molar-refractivity contribution in [3.63, 3.8) is 0 Å². The summed E-state index contributed by atoms with van der Waals surface area (Å²) in [6, 6.07) is 1.64. The Hall–Kier alpha value is -2.56. The van der Waals surface area contributed by atoms with Gasteiger partial charge >= 0.3 is 6.18 Å². The zero-order valence-electron chi connectivity index (χ0n) is 12.3. The highest BCUT2D eigenvalue weighted by Gasteiger charge is 2.27. The summed E-state index contributed by atoms with van der Waals surface area (Å²) in [6.45, 7) is -0.415. The van der Waals surface area contributed by atoms with E-state index in [0.29, 0.717) is 16.5 Å². The Bertz CT molecular complexity index is 733. The average molecular weight is 359 g/mol. The number of halogens is 3. The fraction of sp³-hybridized carbons (Fsp3) is 0.308. The summed E-state index contributed by atoms with van der Waals surface area (Å²) in [5, 5.41) is 4.35. The number of thiazole rings is 1. The number of carbonyl (C=O) groups excluding carboxylic acids is 2. The van der Waals surface area contributed by atoms with Crippen molar-refractivity contribution in [1.82, 2.24) is 25.6 Å². The lowest BCUT2D eigenvalue weighted by Gasteiger charge is -2.08. The molecule has 2 N–H and O–H groups in total. The molecule has 0 bridgehead atoms. The van der Waals surface area contributed by atoms with Crippen LogP contribution in [0.5, 0.6) is 0 Å². The van der Waals surface area contributed by atoms with Crippen molar-refractivity contribution in [2.75, 3.05) is 13.1 Å². The highest BCUT2D eigenvalue weighted by Crippen LogP contribution is 2.24. The number of carbonyl (C=O) groups is 2. The van der Waals surface area contributed by atoms with Crippen molar-refractivity contribution >= 4 is 23.2 Å². The van der Waals surface area contributed by atoms with Crippen LogP contribution in [-0.4, -0.2) is 46.0 Å². The molecule has 2 rings (SSSR count). The first-order valence-electron chi connectivity index (χ1n) is 6.63. The average Bonchev–Trinajstić information content (AvgIpc) is 2.93. The molecule has 0 spiro atoms. The summed E-state index contributed by atoms with van der Waals surface area (Å²) >= 11 is 1.03. The second-order valence-corrected chi connectivity index (χ2v) is 5.58. The van der Waals surface area contributed by atoms with Gasteiger partial charge in [0.2, 0.25) is 5.91 Å². The fourth-order valence-electron chi connectivity index (χ4n) is 1.61. The normalized spacial score (nSPS) is 11.2. The minimum absolute atomic E-state index is 0.237. The van der Waals surface area contributed by atoms with Crippen LogP contribution in [0, 0.1) is 6.92 Å². The summed E-state index contributed by atoms with van der Waals surface area (Å²) in [5.74, 6) is -1.18. The Labute approximate surface area is 138 Å². The summed E-state index contributed by atoms with van der Waals surface area (Å²) in [5.41, 5.74) is 0.413. The van der Waals surface area contributed by atoms with E-state index in [-0.39, 0.29) is 4.88 Å². The van der Waals surface area contributed by atoms with Crippen LogP contribution in [0.3, 0.4) is 0 Å². The molecule has 0 unspecified atom stereocenters. The second-order valence-electron chi connectivity index (χ2n) is 4.58. The Morgan fingerprint density at radius 2 is 1.88 bits per heavy atom.